The Kier molecular flexibility index (Phi) is 5.87. The molecule has 0 atom stereocenters. The number of pyridine rings is 1. The Bertz CT molecular complexity index is 1190. The summed E-state index contributed by atoms with van der Waals surface area (Å²) in [5.74, 6) is -2.12. The lowest BCUT2D eigenvalue weighted by molar-refractivity contribution is 0.0689. The van der Waals surface area contributed by atoms with E-state index >= 15 is 0 Å². The predicted molar refractivity (Wildman–Crippen MR) is 116 cm³/mol. The maximum absolute atomic E-state index is 14.2. The van der Waals surface area contributed by atoms with E-state index in [0.29, 0.717) is 54.6 Å². The third-order valence-corrected chi connectivity index (χ3v) is 5.24. The van der Waals surface area contributed by atoms with Crippen molar-refractivity contribution in [3.63, 3.8) is 0 Å². The number of nitrogens with zero attached hydrogens (tertiary/aromatic N) is 4. The van der Waals surface area contributed by atoms with Gasteiger partial charge in [-0.1, -0.05) is 0 Å². The van der Waals surface area contributed by atoms with Crippen LogP contribution in [-0.2, 0) is 11.8 Å². The first kappa shape index (κ1) is 21.4. The van der Waals surface area contributed by atoms with Gasteiger partial charge < -0.3 is 20.1 Å². The first-order valence-electron chi connectivity index (χ1n) is 10.0. The molecule has 10 heteroatoms. The lowest BCUT2D eigenvalue weighted by atomic mass is 10.1. The molecule has 2 N–H and O–H groups in total. The number of hydrogen-bond donors (Lipinski definition) is 2. The van der Waals surface area contributed by atoms with Crippen LogP contribution in [0.15, 0.2) is 36.5 Å². The van der Waals surface area contributed by atoms with Gasteiger partial charge >= 0.3 is 5.97 Å². The quantitative estimate of drug-likeness (QED) is 0.629. The second-order valence-corrected chi connectivity index (χ2v) is 7.45. The number of hydrogen-bond acceptors (Lipinski definition) is 6. The zero-order valence-corrected chi connectivity index (χ0v) is 17.6. The summed E-state index contributed by atoms with van der Waals surface area (Å²) in [6.07, 6.45) is 1.49. The summed E-state index contributed by atoms with van der Waals surface area (Å²) in [4.78, 5) is 30.4. The van der Waals surface area contributed by atoms with Crippen LogP contribution in [0.1, 0.15) is 26.5 Å². The van der Waals surface area contributed by atoms with Gasteiger partial charge in [0.1, 0.15) is 5.82 Å². The van der Waals surface area contributed by atoms with Crippen LogP contribution in [0.25, 0.3) is 11.3 Å². The number of benzene rings is 1. The summed E-state index contributed by atoms with van der Waals surface area (Å²) in [6, 6.07) is 7.36. The molecule has 3 heterocycles. The van der Waals surface area contributed by atoms with Crippen LogP contribution in [0, 0.1) is 12.7 Å². The number of carbonyl (C=O) groups is 2. The predicted octanol–water partition coefficient (Wildman–Crippen LogP) is 2.72. The number of carboxylic acid groups (broad SMARTS) is 1. The van der Waals surface area contributed by atoms with E-state index in [4.69, 9.17) is 4.74 Å². The smallest absolute Gasteiger partial charge is 0.356 e. The van der Waals surface area contributed by atoms with Gasteiger partial charge in [0.15, 0.2) is 5.69 Å². The summed E-state index contributed by atoms with van der Waals surface area (Å²) in [5.41, 5.74) is 2.92. The van der Waals surface area contributed by atoms with Gasteiger partial charge in [0.2, 0.25) is 0 Å². The lowest BCUT2D eigenvalue weighted by Crippen LogP contribution is -2.36. The number of aromatic nitrogens is 3. The summed E-state index contributed by atoms with van der Waals surface area (Å²) in [5, 5.41) is 15.9. The van der Waals surface area contributed by atoms with Crippen molar-refractivity contribution in [1.29, 1.82) is 0 Å². The molecule has 1 fully saturated rings. The van der Waals surface area contributed by atoms with E-state index in [2.05, 4.69) is 15.4 Å². The molecule has 32 heavy (non-hydrogen) atoms. The Morgan fingerprint density at radius 3 is 2.59 bits per heavy atom. The van der Waals surface area contributed by atoms with Crippen molar-refractivity contribution >= 4 is 23.3 Å². The maximum atomic E-state index is 14.2. The molecular weight excluding hydrogens is 417 g/mol. The Labute approximate surface area is 183 Å². The average molecular weight is 439 g/mol. The van der Waals surface area contributed by atoms with Crippen molar-refractivity contribution in [3.8, 4) is 11.3 Å². The SMILES string of the molecule is Cc1ncc(NC(=O)c2cc(F)cc(N3CCOCC3)c2)cc1-c1cc(C(=O)O)nn1C. The zero-order valence-electron chi connectivity index (χ0n) is 17.6. The highest BCUT2D eigenvalue weighted by Crippen LogP contribution is 2.26. The second kappa shape index (κ2) is 8.75. The molecule has 4 rings (SSSR count). The Morgan fingerprint density at radius 1 is 1.16 bits per heavy atom. The summed E-state index contributed by atoms with van der Waals surface area (Å²) in [7, 11) is 1.63. The Hall–Kier alpha value is -3.79. The molecule has 0 aliphatic carbocycles. The van der Waals surface area contributed by atoms with Crippen molar-refractivity contribution in [2.45, 2.75) is 6.92 Å². The number of nitrogens with one attached hydrogen (secondary N) is 1. The fourth-order valence-electron chi connectivity index (χ4n) is 3.60. The number of aryl methyl sites for hydroxylation is 2. The van der Waals surface area contributed by atoms with Crippen molar-refractivity contribution in [2.24, 2.45) is 7.05 Å². The molecule has 9 nitrogen and oxygen atoms in total. The molecule has 1 saturated heterocycles. The van der Waals surface area contributed by atoms with Crippen LogP contribution in [0.4, 0.5) is 15.8 Å². The molecule has 1 aliphatic rings. The van der Waals surface area contributed by atoms with Gasteiger partial charge in [0.05, 0.1) is 30.8 Å². The molecular formula is C22H22FN5O4. The molecule has 1 aliphatic heterocycles. The third kappa shape index (κ3) is 4.45. The van der Waals surface area contributed by atoms with E-state index in [0.717, 1.165) is 0 Å². The molecule has 2 aromatic heterocycles. The van der Waals surface area contributed by atoms with Gasteiger partial charge in [-0.25, -0.2) is 9.18 Å². The van der Waals surface area contributed by atoms with E-state index in [1.165, 1.54) is 29.1 Å². The van der Waals surface area contributed by atoms with E-state index < -0.39 is 17.7 Å². The highest BCUT2D eigenvalue weighted by atomic mass is 19.1. The normalized spacial score (nSPS) is 13.8. The Balaban J connectivity index is 1.60. The van der Waals surface area contributed by atoms with Gasteiger partial charge in [-0.15, -0.1) is 0 Å². The highest BCUT2D eigenvalue weighted by Gasteiger charge is 2.18. The number of amides is 1. The van der Waals surface area contributed by atoms with Gasteiger partial charge in [-0.3, -0.25) is 14.5 Å². The number of aromatic carboxylic acids is 1. The van der Waals surface area contributed by atoms with Crippen LogP contribution < -0.4 is 10.2 Å². The van der Waals surface area contributed by atoms with E-state index in [-0.39, 0.29) is 11.3 Å². The topological polar surface area (TPSA) is 110 Å². The molecule has 0 spiro atoms. The van der Waals surface area contributed by atoms with E-state index in [1.54, 1.807) is 26.1 Å². The van der Waals surface area contributed by atoms with Crippen molar-refractivity contribution in [3.05, 3.63) is 59.3 Å². The van der Waals surface area contributed by atoms with Gasteiger partial charge in [-0.2, -0.15) is 5.10 Å². The van der Waals surface area contributed by atoms with Crippen LogP contribution in [0.3, 0.4) is 0 Å². The summed E-state index contributed by atoms with van der Waals surface area (Å²) >= 11 is 0. The standard InChI is InChI=1S/C22H22FN5O4/c1-13-18(20-11-19(22(30)31)26-27(20)2)10-16(12-24-13)25-21(29)14-7-15(23)9-17(8-14)28-3-5-32-6-4-28/h7-12H,3-6H2,1-2H3,(H,25,29)(H,30,31). The minimum Gasteiger partial charge on any atom is -0.476 e. The number of halogens is 1. The lowest BCUT2D eigenvalue weighted by Gasteiger charge is -2.29. The third-order valence-electron chi connectivity index (χ3n) is 5.24. The molecule has 1 amide bonds. The minimum atomic E-state index is -1.14. The first-order valence-corrected chi connectivity index (χ1v) is 10.0. The molecule has 166 valence electrons. The van der Waals surface area contributed by atoms with Crippen LogP contribution in [0.5, 0.6) is 0 Å². The monoisotopic (exact) mass is 439 g/mol. The second-order valence-electron chi connectivity index (χ2n) is 7.45. The average Bonchev–Trinajstić information content (AvgIpc) is 3.17. The fourth-order valence-corrected chi connectivity index (χ4v) is 3.60. The molecule has 1 aromatic carbocycles. The molecule has 0 bridgehead atoms. The zero-order chi connectivity index (χ0) is 22.8. The van der Waals surface area contributed by atoms with Crippen molar-refractivity contribution in [2.75, 3.05) is 36.5 Å². The number of carbonyl (C=O) groups excluding carboxylic acids is 1. The van der Waals surface area contributed by atoms with Crippen LogP contribution in [0.2, 0.25) is 0 Å². The summed E-state index contributed by atoms with van der Waals surface area (Å²) in [6.45, 7) is 4.12. The molecule has 0 unspecified atom stereocenters. The van der Waals surface area contributed by atoms with E-state index in [9.17, 15) is 19.1 Å². The van der Waals surface area contributed by atoms with Gasteiger partial charge in [0, 0.05) is 42.6 Å². The Morgan fingerprint density at radius 2 is 1.91 bits per heavy atom. The van der Waals surface area contributed by atoms with Crippen LogP contribution >= 0.6 is 0 Å². The van der Waals surface area contributed by atoms with E-state index in [1.807, 2.05) is 4.90 Å². The number of carboxylic acids is 1. The fraction of sp³-hybridized carbons (Fsp3) is 0.273. The van der Waals surface area contributed by atoms with Gasteiger partial charge in [-0.05, 0) is 37.3 Å². The molecule has 0 saturated carbocycles. The molecule has 0 radical (unpaired) electrons. The minimum absolute atomic E-state index is 0.0910. The number of ether oxygens (including phenoxy) is 1. The largest absolute Gasteiger partial charge is 0.476 e. The van der Waals surface area contributed by atoms with Crippen molar-refractivity contribution in [1.82, 2.24) is 14.8 Å². The first-order chi connectivity index (χ1) is 15.3. The number of anilines is 2. The highest BCUT2D eigenvalue weighted by molar-refractivity contribution is 6.05. The maximum Gasteiger partial charge on any atom is 0.356 e. The van der Waals surface area contributed by atoms with Gasteiger partial charge in [0.25, 0.3) is 5.91 Å². The number of morpholine rings is 1. The molecule has 3 aromatic rings. The van der Waals surface area contributed by atoms with Crippen LogP contribution in [-0.4, -0.2) is 58.1 Å². The van der Waals surface area contributed by atoms with Crippen molar-refractivity contribution < 1.29 is 23.8 Å². The number of rotatable bonds is 5. The summed E-state index contributed by atoms with van der Waals surface area (Å²) < 4.78 is 21.0.